The Morgan fingerprint density at radius 1 is 1.35 bits per heavy atom. The maximum absolute atomic E-state index is 12.1. The summed E-state index contributed by atoms with van der Waals surface area (Å²) in [5.41, 5.74) is 1.21. The van der Waals surface area contributed by atoms with Crippen molar-refractivity contribution in [1.82, 2.24) is 4.90 Å². The number of amides is 1. The molecule has 0 spiro atoms. The number of hydrogen-bond donors (Lipinski definition) is 0. The Bertz CT molecular complexity index is 451. The van der Waals surface area contributed by atoms with Gasteiger partial charge in [0.2, 0.25) is 0 Å². The topological polar surface area (TPSA) is 38.8 Å². The predicted octanol–water partition coefficient (Wildman–Crippen LogP) is 2.26. The Morgan fingerprint density at radius 3 is 2.65 bits per heavy atom. The van der Waals surface area contributed by atoms with E-state index in [9.17, 15) is 4.79 Å². The lowest BCUT2D eigenvalue weighted by molar-refractivity contribution is -0.151. The number of benzene rings is 1. The first-order valence-electron chi connectivity index (χ1n) is 7.25. The van der Waals surface area contributed by atoms with Gasteiger partial charge in [0, 0.05) is 7.11 Å². The molecule has 1 aliphatic rings. The maximum atomic E-state index is 12.1. The summed E-state index contributed by atoms with van der Waals surface area (Å²) in [4.78, 5) is 13.9. The molecule has 0 saturated carbocycles. The molecule has 1 heterocycles. The number of methoxy groups -OCH3 is 1. The fourth-order valence-corrected chi connectivity index (χ4v) is 2.43. The lowest BCUT2D eigenvalue weighted by Crippen LogP contribution is -2.58. The predicted molar refractivity (Wildman–Crippen MR) is 77.9 cm³/mol. The van der Waals surface area contributed by atoms with E-state index in [0.717, 1.165) is 12.2 Å². The van der Waals surface area contributed by atoms with E-state index < -0.39 is 0 Å². The molecule has 1 unspecified atom stereocenters. The van der Waals surface area contributed by atoms with Gasteiger partial charge in [-0.25, -0.2) is 0 Å². The number of carbonyl (C=O) groups is 1. The molecular weight excluding hydrogens is 254 g/mol. The van der Waals surface area contributed by atoms with Crippen LogP contribution < -0.4 is 4.74 Å². The number of para-hydroxylation sites is 1. The lowest BCUT2D eigenvalue weighted by Gasteiger charge is -2.40. The smallest absolute Gasteiger partial charge is 0.251 e. The number of likely N-dealkylation sites (tertiary alicyclic amines) is 1. The highest BCUT2D eigenvalue weighted by Gasteiger charge is 2.35. The summed E-state index contributed by atoms with van der Waals surface area (Å²) in [6, 6.07) is 8.07. The number of nitrogens with zero attached hydrogens (tertiary/aromatic N) is 1. The van der Waals surface area contributed by atoms with Gasteiger partial charge in [0.1, 0.15) is 18.0 Å². The first kappa shape index (κ1) is 14.9. The van der Waals surface area contributed by atoms with E-state index >= 15 is 0 Å². The molecule has 0 radical (unpaired) electrons. The second-order valence-corrected chi connectivity index (χ2v) is 5.08. The van der Waals surface area contributed by atoms with Crippen LogP contribution in [0.15, 0.2) is 24.3 Å². The number of hydrogen-bond acceptors (Lipinski definition) is 3. The van der Waals surface area contributed by atoms with Crippen molar-refractivity contribution in [2.24, 2.45) is 0 Å². The molecule has 0 aliphatic carbocycles. The SMILES string of the molecule is CCc1ccccc1OC1CN(C(=O)C(CC)OC)C1. The third-order valence-electron chi connectivity index (χ3n) is 3.74. The van der Waals surface area contributed by atoms with Crippen molar-refractivity contribution in [2.45, 2.75) is 38.9 Å². The van der Waals surface area contributed by atoms with Crippen LogP contribution >= 0.6 is 0 Å². The monoisotopic (exact) mass is 277 g/mol. The quantitative estimate of drug-likeness (QED) is 0.800. The average Bonchev–Trinajstić information content (AvgIpc) is 2.43. The molecule has 0 N–H and O–H groups in total. The number of carbonyl (C=O) groups excluding carboxylic acids is 1. The summed E-state index contributed by atoms with van der Waals surface area (Å²) >= 11 is 0. The van der Waals surface area contributed by atoms with E-state index in [1.165, 1.54) is 5.56 Å². The van der Waals surface area contributed by atoms with E-state index in [4.69, 9.17) is 9.47 Å². The summed E-state index contributed by atoms with van der Waals surface area (Å²) < 4.78 is 11.1. The minimum absolute atomic E-state index is 0.0682. The molecule has 1 atom stereocenters. The Kier molecular flexibility index (Phi) is 5.01. The first-order chi connectivity index (χ1) is 9.69. The van der Waals surface area contributed by atoms with Crippen molar-refractivity contribution >= 4 is 5.91 Å². The van der Waals surface area contributed by atoms with Crippen molar-refractivity contribution in [1.29, 1.82) is 0 Å². The summed E-state index contributed by atoms with van der Waals surface area (Å²) in [7, 11) is 1.58. The Balaban J connectivity index is 1.86. The first-order valence-corrected chi connectivity index (χ1v) is 7.25. The van der Waals surface area contributed by atoms with Crippen LogP contribution in [-0.2, 0) is 16.0 Å². The zero-order chi connectivity index (χ0) is 14.5. The highest BCUT2D eigenvalue weighted by Crippen LogP contribution is 2.23. The zero-order valence-electron chi connectivity index (χ0n) is 12.5. The fraction of sp³-hybridized carbons (Fsp3) is 0.562. The zero-order valence-corrected chi connectivity index (χ0v) is 12.5. The van der Waals surface area contributed by atoms with Gasteiger partial charge in [0.25, 0.3) is 5.91 Å². The van der Waals surface area contributed by atoms with E-state index in [-0.39, 0.29) is 18.1 Å². The van der Waals surface area contributed by atoms with Gasteiger partial charge in [-0.1, -0.05) is 32.0 Å². The van der Waals surface area contributed by atoms with Crippen LogP contribution in [0.1, 0.15) is 25.8 Å². The van der Waals surface area contributed by atoms with E-state index in [1.807, 2.05) is 25.1 Å². The van der Waals surface area contributed by atoms with Crippen LogP contribution in [0.2, 0.25) is 0 Å². The fourth-order valence-electron chi connectivity index (χ4n) is 2.43. The Hall–Kier alpha value is -1.55. The molecule has 4 heteroatoms. The molecule has 0 aromatic heterocycles. The van der Waals surface area contributed by atoms with Crippen LogP contribution in [0.25, 0.3) is 0 Å². The largest absolute Gasteiger partial charge is 0.486 e. The molecule has 4 nitrogen and oxygen atoms in total. The Labute approximate surface area is 120 Å². The molecule has 1 saturated heterocycles. The summed E-state index contributed by atoms with van der Waals surface area (Å²) in [6.07, 6.45) is 1.43. The molecular formula is C16H23NO3. The lowest BCUT2D eigenvalue weighted by atomic mass is 10.1. The van der Waals surface area contributed by atoms with E-state index in [2.05, 4.69) is 13.0 Å². The van der Waals surface area contributed by atoms with Crippen molar-refractivity contribution < 1.29 is 14.3 Å². The Morgan fingerprint density at radius 2 is 2.05 bits per heavy atom. The van der Waals surface area contributed by atoms with Crippen molar-refractivity contribution in [3.63, 3.8) is 0 Å². The van der Waals surface area contributed by atoms with Gasteiger partial charge in [0.15, 0.2) is 0 Å². The third-order valence-corrected chi connectivity index (χ3v) is 3.74. The second-order valence-electron chi connectivity index (χ2n) is 5.08. The molecule has 1 aromatic rings. The molecule has 1 amide bonds. The maximum Gasteiger partial charge on any atom is 0.251 e. The second kappa shape index (κ2) is 6.75. The standard InChI is InChI=1S/C16H23NO3/c1-4-12-8-6-7-9-15(12)20-13-10-17(11-13)16(18)14(5-2)19-3/h6-9,13-14H,4-5,10-11H2,1-3H3. The van der Waals surface area contributed by atoms with Crippen LogP contribution in [0, 0.1) is 0 Å². The van der Waals surface area contributed by atoms with Crippen LogP contribution in [0.5, 0.6) is 5.75 Å². The molecule has 20 heavy (non-hydrogen) atoms. The highest BCUT2D eigenvalue weighted by molar-refractivity contribution is 5.81. The molecule has 110 valence electrons. The third kappa shape index (κ3) is 3.12. The van der Waals surface area contributed by atoms with Gasteiger partial charge in [0.05, 0.1) is 13.1 Å². The van der Waals surface area contributed by atoms with Crippen LogP contribution in [0.3, 0.4) is 0 Å². The van der Waals surface area contributed by atoms with Crippen molar-refractivity contribution in [3.8, 4) is 5.75 Å². The molecule has 1 aliphatic heterocycles. The van der Waals surface area contributed by atoms with Crippen molar-refractivity contribution in [3.05, 3.63) is 29.8 Å². The summed E-state index contributed by atoms with van der Waals surface area (Å²) in [5, 5.41) is 0. The van der Waals surface area contributed by atoms with Gasteiger partial charge >= 0.3 is 0 Å². The number of aryl methyl sites for hydroxylation is 1. The average molecular weight is 277 g/mol. The molecule has 0 bridgehead atoms. The molecule has 1 aromatic carbocycles. The summed E-state index contributed by atoms with van der Waals surface area (Å²) in [6.45, 7) is 5.37. The van der Waals surface area contributed by atoms with Gasteiger partial charge in [-0.15, -0.1) is 0 Å². The van der Waals surface area contributed by atoms with Crippen LogP contribution in [0.4, 0.5) is 0 Å². The number of ether oxygens (including phenoxy) is 2. The van der Waals surface area contributed by atoms with E-state index in [0.29, 0.717) is 19.5 Å². The minimum atomic E-state index is -0.320. The summed E-state index contributed by atoms with van der Waals surface area (Å²) in [5.74, 6) is 1.00. The highest BCUT2D eigenvalue weighted by atomic mass is 16.5. The van der Waals surface area contributed by atoms with Crippen LogP contribution in [-0.4, -0.2) is 43.2 Å². The van der Waals surface area contributed by atoms with Crippen molar-refractivity contribution in [2.75, 3.05) is 20.2 Å². The number of rotatable bonds is 6. The minimum Gasteiger partial charge on any atom is -0.486 e. The molecule has 1 fully saturated rings. The molecule has 2 rings (SSSR count). The van der Waals surface area contributed by atoms with Gasteiger partial charge in [-0.05, 0) is 24.5 Å². The van der Waals surface area contributed by atoms with E-state index in [1.54, 1.807) is 12.0 Å². The van der Waals surface area contributed by atoms with Gasteiger partial charge in [-0.3, -0.25) is 4.79 Å². The van der Waals surface area contributed by atoms with Gasteiger partial charge in [-0.2, -0.15) is 0 Å². The van der Waals surface area contributed by atoms with Gasteiger partial charge < -0.3 is 14.4 Å². The normalized spacial score (nSPS) is 16.6.